The second-order valence-electron chi connectivity index (χ2n) is 4.80. The molecule has 20 heavy (non-hydrogen) atoms. The topological polar surface area (TPSA) is 86.0 Å². The molecule has 0 aliphatic carbocycles. The van der Waals surface area contributed by atoms with E-state index in [-0.39, 0.29) is 17.4 Å². The molecule has 1 aliphatic rings. The summed E-state index contributed by atoms with van der Waals surface area (Å²) < 4.78 is 5.61. The number of quaternary nitrogens is 1. The Bertz CT molecular complexity index is 498. The van der Waals surface area contributed by atoms with Crippen molar-refractivity contribution in [1.82, 2.24) is 0 Å². The molecule has 108 valence electrons. The first-order valence-electron chi connectivity index (χ1n) is 6.47. The third-order valence-corrected chi connectivity index (χ3v) is 3.81. The van der Waals surface area contributed by atoms with Crippen molar-refractivity contribution in [2.45, 2.75) is 18.4 Å². The van der Waals surface area contributed by atoms with Gasteiger partial charge in [-0.05, 0) is 17.7 Å². The minimum atomic E-state index is -0.677. The van der Waals surface area contributed by atoms with Gasteiger partial charge >= 0.3 is 5.97 Å². The van der Waals surface area contributed by atoms with Crippen molar-refractivity contribution in [2.75, 3.05) is 18.8 Å². The van der Waals surface area contributed by atoms with Crippen LogP contribution in [-0.2, 0) is 15.1 Å². The van der Waals surface area contributed by atoms with Gasteiger partial charge in [0, 0.05) is 25.0 Å². The average Bonchev–Trinajstić information content (AvgIpc) is 2.48. The summed E-state index contributed by atoms with van der Waals surface area (Å²) in [6.07, 6.45) is 1.40. The van der Waals surface area contributed by atoms with Crippen molar-refractivity contribution in [1.29, 1.82) is 0 Å². The maximum atomic E-state index is 11.6. The van der Waals surface area contributed by atoms with Crippen LogP contribution in [0.1, 0.15) is 18.4 Å². The van der Waals surface area contributed by atoms with Gasteiger partial charge in [0.15, 0.2) is 0 Å². The Hall–Kier alpha value is -1.60. The normalized spacial score (nSPS) is 17.4. The van der Waals surface area contributed by atoms with E-state index in [1.165, 1.54) is 12.1 Å². The van der Waals surface area contributed by atoms with Crippen molar-refractivity contribution in [3.05, 3.63) is 39.9 Å². The molecule has 0 amide bonds. The third kappa shape index (κ3) is 3.10. The number of ether oxygens (including phenoxy) is 1. The second-order valence-corrected chi connectivity index (χ2v) is 5.11. The molecule has 0 spiro atoms. The van der Waals surface area contributed by atoms with Crippen LogP contribution in [0.15, 0.2) is 24.3 Å². The van der Waals surface area contributed by atoms with Gasteiger partial charge in [-0.2, -0.15) is 12.6 Å². The number of nitrogens with two attached hydrogens (primary N) is 1. The smallest absolute Gasteiger partial charge is 0.316 e. The molecule has 1 heterocycles. The fourth-order valence-electron chi connectivity index (χ4n) is 2.53. The summed E-state index contributed by atoms with van der Waals surface area (Å²) in [5, 5.41) is 12.9. The number of rotatable bonds is 4. The van der Waals surface area contributed by atoms with E-state index in [1.807, 2.05) is 0 Å². The van der Waals surface area contributed by atoms with E-state index in [9.17, 15) is 14.9 Å². The quantitative estimate of drug-likeness (QED) is 0.369. The first kappa shape index (κ1) is 14.8. The molecule has 6 nitrogen and oxygen atoms in total. The summed E-state index contributed by atoms with van der Waals surface area (Å²) in [5.41, 5.74) is 0.169. The van der Waals surface area contributed by atoms with E-state index in [1.54, 1.807) is 12.1 Å². The van der Waals surface area contributed by atoms with E-state index in [4.69, 9.17) is 4.74 Å². The molecule has 0 unspecified atom stereocenters. The highest BCUT2D eigenvalue weighted by Gasteiger charge is 2.39. The highest BCUT2D eigenvalue weighted by Crippen LogP contribution is 2.34. The van der Waals surface area contributed by atoms with Gasteiger partial charge < -0.3 is 10.1 Å². The van der Waals surface area contributed by atoms with Gasteiger partial charge in [-0.15, -0.1) is 0 Å². The largest absolute Gasteiger partial charge is 0.453 e. The summed E-state index contributed by atoms with van der Waals surface area (Å²) in [5.74, 6) is -0.341. The molecule has 1 saturated heterocycles. The number of carbonyl (C=O) groups is 1. The zero-order chi connectivity index (χ0) is 14.6. The van der Waals surface area contributed by atoms with Crippen molar-refractivity contribution in [3.8, 4) is 0 Å². The van der Waals surface area contributed by atoms with E-state index < -0.39 is 10.5 Å². The molecule has 1 aromatic rings. The van der Waals surface area contributed by atoms with Crippen LogP contribution in [-0.4, -0.2) is 29.7 Å². The van der Waals surface area contributed by atoms with Crippen LogP contribution in [0, 0.1) is 10.1 Å². The minimum Gasteiger partial charge on any atom is -0.453 e. The van der Waals surface area contributed by atoms with Crippen molar-refractivity contribution in [2.24, 2.45) is 0 Å². The minimum absolute atomic E-state index is 0.0262. The number of nitro groups is 1. The van der Waals surface area contributed by atoms with Gasteiger partial charge in [-0.25, -0.2) is 0 Å². The molecular weight excluding hydrogens is 280 g/mol. The van der Waals surface area contributed by atoms with E-state index >= 15 is 0 Å². The number of esters is 1. The van der Waals surface area contributed by atoms with E-state index in [0.29, 0.717) is 12.8 Å². The Balaban J connectivity index is 2.30. The number of nitrogens with zero attached hydrogens (tertiary/aromatic N) is 1. The van der Waals surface area contributed by atoms with Gasteiger partial charge in [-0.3, -0.25) is 14.9 Å². The van der Waals surface area contributed by atoms with Crippen molar-refractivity contribution >= 4 is 24.3 Å². The molecule has 1 aliphatic heterocycles. The van der Waals surface area contributed by atoms with E-state index in [0.717, 1.165) is 18.7 Å². The van der Waals surface area contributed by atoms with Crippen molar-refractivity contribution < 1.29 is 19.8 Å². The number of carbonyl (C=O) groups excluding carboxylic acids is 1. The highest BCUT2D eigenvalue weighted by atomic mass is 32.1. The Morgan fingerprint density at radius 2 is 1.95 bits per heavy atom. The predicted octanol–water partition coefficient (Wildman–Crippen LogP) is 0.620. The number of benzene rings is 1. The second kappa shape index (κ2) is 6.23. The lowest BCUT2D eigenvalue weighted by molar-refractivity contribution is -0.668. The first-order chi connectivity index (χ1) is 9.57. The molecule has 0 atom stereocenters. The Labute approximate surface area is 122 Å². The number of hydrogen-bond donors (Lipinski definition) is 2. The van der Waals surface area contributed by atoms with Crippen LogP contribution in [0.2, 0.25) is 0 Å². The maximum absolute atomic E-state index is 11.6. The molecular formula is C13H17N2O4S+. The summed E-state index contributed by atoms with van der Waals surface area (Å²) in [4.78, 5) is 21.9. The van der Waals surface area contributed by atoms with Crippen LogP contribution in [0.3, 0.4) is 0 Å². The lowest BCUT2D eigenvalue weighted by Crippen LogP contribution is -2.87. The standard InChI is InChI=1S/C13H16N2O4S/c16-12(9-20)19-13(5-7-14-8-6-13)10-1-3-11(4-2-10)15(17)18/h1-4,14,20H,5-9H2/p+1. The monoisotopic (exact) mass is 297 g/mol. The van der Waals surface area contributed by atoms with Crippen LogP contribution in [0.25, 0.3) is 0 Å². The fraction of sp³-hybridized carbons (Fsp3) is 0.462. The van der Waals surface area contributed by atoms with Gasteiger partial charge in [0.05, 0.1) is 23.8 Å². The molecule has 0 radical (unpaired) electrons. The first-order valence-corrected chi connectivity index (χ1v) is 7.10. The Kier molecular flexibility index (Phi) is 4.61. The fourth-order valence-corrected chi connectivity index (χ4v) is 2.59. The number of non-ortho nitro benzene ring substituents is 1. The molecule has 0 aromatic heterocycles. The van der Waals surface area contributed by atoms with E-state index in [2.05, 4.69) is 17.9 Å². The maximum Gasteiger partial charge on any atom is 0.316 e. The molecule has 0 bridgehead atoms. The van der Waals surface area contributed by atoms with Gasteiger partial charge in [-0.1, -0.05) is 0 Å². The van der Waals surface area contributed by atoms with Gasteiger partial charge in [0.1, 0.15) is 5.60 Å². The molecule has 0 saturated carbocycles. The number of nitro benzene ring substituents is 1. The van der Waals surface area contributed by atoms with Crippen LogP contribution in [0.4, 0.5) is 5.69 Å². The molecule has 1 aromatic carbocycles. The highest BCUT2D eigenvalue weighted by molar-refractivity contribution is 7.81. The number of hydrogen-bond acceptors (Lipinski definition) is 5. The average molecular weight is 297 g/mol. The van der Waals surface area contributed by atoms with Gasteiger partial charge in [0.25, 0.3) is 5.69 Å². The number of piperidine rings is 1. The van der Waals surface area contributed by atoms with Gasteiger partial charge in [0.2, 0.25) is 0 Å². The lowest BCUT2D eigenvalue weighted by atomic mass is 9.84. The Morgan fingerprint density at radius 3 is 2.45 bits per heavy atom. The summed E-state index contributed by atoms with van der Waals surface area (Å²) in [7, 11) is 0. The summed E-state index contributed by atoms with van der Waals surface area (Å²) in [6, 6.07) is 6.25. The summed E-state index contributed by atoms with van der Waals surface area (Å²) in [6.45, 7) is 1.72. The SMILES string of the molecule is O=C(CS)OC1(c2ccc([N+](=O)[O-])cc2)CC[NH2+]CC1. The molecule has 7 heteroatoms. The zero-order valence-corrected chi connectivity index (χ0v) is 11.8. The summed E-state index contributed by atoms with van der Waals surface area (Å²) >= 11 is 3.94. The van der Waals surface area contributed by atoms with Crippen molar-refractivity contribution in [3.63, 3.8) is 0 Å². The number of thiol groups is 1. The van der Waals surface area contributed by atoms with Crippen LogP contribution >= 0.6 is 12.6 Å². The lowest BCUT2D eigenvalue weighted by Gasteiger charge is -2.35. The molecule has 1 fully saturated rings. The zero-order valence-electron chi connectivity index (χ0n) is 10.9. The third-order valence-electron chi connectivity index (χ3n) is 3.55. The molecule has 2 rings (SSSR count). The molecule has 2 N–H and O–H groups in total. The van der Waals surface area contributed by atoms with Crippen LogP contribution < -0.4 is 5.32 Å². The van der Waals surface area contributed by atoms with Crippen LogP contribution in [0.5, 0.6) is 0 Å². The predicted molar refractivity (Wildman–Crippen MR) is 75.6 cm³/mol. The Morgan fingerprint density at radius 1 is 1.35 bits per heavy atom.